The highest BCUT2D eigenvalue weighted by Crippen LogP contribution is 2.37. The Morgan fingerprint density at radius 1 is 1.12 bits per heavy atom. The summed E-state index contributed by atoms with van der Waals surface area (Å²) >= 11 is 0. The highest BCUT2D eigenvalue weighted by atomic mass is 32.2. The molecule has 3 rings (SSSR count). The van der Waals surface area contributed by atoms with Crippen LogP contribution in [-0.2, 0) is 15.0 Å². The highest BCUT2D eigenvalue weighted by molar-refractivity contribution is 7.86. The van der Waals surface area contributed by atoms with E-state index in [9.17, 15) is 18.5 Å². The molecule has 1 aromatic heterocycles. The van der Waals surface area contributed by atoms with Gasteiger partial charge in [-0.15, -0.1) is 0 Å². The number of aromatic nitrogens is 1. The van der Waals surface area contributed by atoms with Gasteiger partial charge >= 0.3 is 0 Å². The summed E-state index contributed by atoms with van der Waals surface area (Å²) in [4.78, 5) is 14.9. The molecule has 0 radical (unpaired) electrons. The molecule has 32 heavy (non-hydrogen) atoms. The van der Waals surface area contributed by atoms with Crippen LogP contribution in [0.25, 0.3) is 0 Å². The molecular formula is C22H36N6O3S. The summed E-state index contributed by atoms with van der Waals surface area (Å²) in [7, 11) is -3.45. The molecule has 2 heterocycles. The molecule has 1 aromatic rings. The third kappa shape index (κ3) is 4.86. The van der Waals surface area contributed by atoms with E-state index in [1.807, 2.05) is 32.6 Å². The van der Waals surface area contributed by atoms with Crippen LogP contribution in [0.2, 0.25) is 0 Å². The standard InChI is InChI=1S/C22H36N6O3S/c1-5-26(6-2)32(30,31)27-13-11-25(12-14-27)16-21(29)24-22-20(15-23)17(3)18(4)28(22)19-9-7-8-10-19/h19H,5-14,16H2,1-4H3,(H,24,29). The fourth-order valence-electron chi connectivity index (χ4n) is 4.91. The molecule has 0 atom stereocenters. The van der Waals surface area contributed by atoms with Crippen molar-refractivity contribution in [2.24, 2.45) is 0 Å². The van der Waals surface area contributed by atoms with Crippen molar-refractivity contribution >= 4 is 21.9 Å². The number of nitriles is 1. The molecule has 1 saturated heterocycles. The summed E-state index contributed by atoms with van der Waals surface area (Å²) in [6.45, 7) is 10.4. The molecule has 1 amide bonds. The smallest absolute Gasteiger partial charge is 0.282 e. The summed E-state index contributed by atoms with van der Waals surface area (Å²) in [5.74, 6) is 0.445. The molecule has 178 valence electrons. The maximum absolute atomic E-state index is 12.9. The van der Waals surface area contributed by atoms with Crippen LogP contribution in [0, 0.1) is 25.2 Å². The van der Waals surface area contributed by atoms with Crippen LogP contribution < -0.4 is 5.32 Å². The average Bonchev–Trinajstić information content (AvgIpc) is 3.36. The van der Waals surface area contributed by atoms with Gasteiger partial charge in [0.05, 0.1) is 12.1 Å². The van der Waals surface area contributed by atoms with Crippen molar-refractivity contribution in [3.8, 4) is 6.07 Å². The van der Waals surface area contributed by atoms with Gasteiger partial charge in [-0.3, -0.25) is 9.69 Å². The lowest BCUT2D eigenvalue weighted by Gasteiger charge is -2.36. The van der Waals surface area contributed by atoms with Crippen molar-refractivity contribution in [2.75, 3.05) is 51.1 Å². The first-order valence-corrected chi connectivity index (χ1v) is 13.0. The number of hydrogen-bond donors (Lipinski definition) is 1. The van der Waals surface area contributed by atoms with Crippen LogP contribution in [0.3, 0.4) is 0 Å². The second kappa shape index (κ2) is 10.3. The molecule has 1 aliphatic carbocycles. The van der Waals surface area contributed by atoms with Crippen LogP contribution in [0.4, 0.5) is 5.82 Å². The van der Waals surface area contributed by atoms with Crippen LogP contribution in [0.1, 0.15) is 62.4 Å². The van der Waals surface area contributed by atoms with E-state index in [0.717, 1.165) is 36.9 Å². The van der Waals surface area contributed by atoms with E-state index in [1.165, 1.54) is 8.61 Å². The van der Waals surface area contributed by atoms with Gasteiger partial charge < -0.3 is 9.88 Å². The number of nitrogens with one attached hydrogen (secondary N) is 1. The Labute approximate surface area is 192 Å². The molecular weight excluding hydrogens is 428 g/mol. The van der Waals surface area contributed by atoms with Gasteiger partial charge in [-0.25, -0.2) is 0 Å². The Bertz CT molecular complexity index is 963. The molecule has 0 aromatic carbocycles. The van der Waals surface area contributed by atoms with Crippen molar-refractivity contribution in [3.05, 3.63) is 16.8 Å². The Hall–Kier alpha value is -1.93. The van der Waals surface area contributed by atoms with E-state index in [2.05, 4.69) is 16.0 Å². The number of rotatable bonds is 8. The fraction of sp³-hybridized carbons (Fsp3) is 0.727. The zero-order chi connectivity index (χ0) is 23.5. The van der Waals surface area contributed by atoms with Crippen molar-refractivity contribution in [1.29, 1.82) is 5.26 Å². The van der Waals surface area contributed by atoms with Gasteiger partial charge in [0.25, 0.3) is 10.2 Å². The van der Waals surface area contributed by atoms with Gasteiger partial charge in [0.1, 0.15) is 11.9 Å². The van der Waals surface area contributed by atoms with E-state index in [4.69, 9.17) is 0 Å². The molecule has 2 aliphatic rings. The second-order valence-corrected chi connectivity index (χ2v) is 10.6. The third-order valence-electron chi connectivity index (χ3n) is 6.87. The maximum atomic E-state index is 12.9. The van der Waals surface area contributed by atoms with Crippen LogP contribution in [0.5, 0.6) is 0 Å². The molecule has 0 spiro atoms. The third-order valence-corrected chi connectivity index (χ3v) is 9.06. The highest BCUT2D eigenvalue weighted by Gasteiger charge is 2.32. The molecule has 1 N–H and O–H groups in total. The number of carbonyl (C=O) groups is 1. The zero-order valence-corrected chi connectivity index (χ0v) is 20.5. The number of piperazine rings is 1. The zero-order valence-electron chi connectivity index (χ0n) is 19.7. The normalized spacial score (nSPS) is 18.9. The quantitative estimate of drug-likeness (QED) is 0.636. The molecule has 0 bridgehead atoms. The molecule has 2 fully saturated rings. The predicted octanol–water partition coefficient (Wildman–Crippen LogP) is 2.23. The van der Waals surface area contributed by atoms with E-state index >= 15 is 0 Å². The number of carbonyl (C=O) groups excluding carboxylic acids is 1. The summed E-state index contributed by atoms with van der Waals surface area (Å²) < 4.78 is 30.5. The number of hydrogen-bond acceptors (Lipinski definition) is 5. The lowest BCUT2D eigenvalue weighted by atomic mass is 10.2. The molecule has 10 heteroatoms. The molecule has 1 saturated carbocycles. The van der Waals surface area contributed by atoms with Crippen molar-refractivity contribution in [3.63, 3.8) is 0 Å². The minimum Gasteiger partial charge on any atom is -0.327 e. The Morgan fingerprint density at radius 3 is 2.25 bits per heavy atom. The Balaban J connectivity index is 1.65. The first kappa shape index (κ1) is 24.7. The predicted molar refractivity (Wildman–Crippen MR) is 125 cm³/mol. The minimum absolute atomic E-state index is 0.168. The van der Waals surface area contributed by atoms with Gasteiger partial charge in [0.2, 0.25) is 5.91 Å². The molecule has 9 nitrogen and oxygen atoms in total. The molecule has 1 aliphatic heterocycles. The van der Waals surface area contributed by atoms with Gasteiger partial charge in [0.15, 0.2) is 0 Å². The van der Waals surface area contributed by atoms with Crippen LogP contribution in [0.15, 0.2) is 0 Å². The van der Waals surface area contributed by atoms with Crippen LogP contribution in [-0.4, -0.2) is 78.2 Å². The van der Waals surface area contributed by atoms with Gasteiger partial charge in [-0.2, -0.15) is 22.3 Å². The first-order valence-electron chi connectivity index (χ1n) is 11.6. The summed E-state index contributed by atoms with van der Waals surface area (Å²) in [6.07, 6.45) is 4.45. The number of nitrogens with zero attached hydrogens (tertiary/aromatic N) is 5. The lowest BCUT2D eigenvalue weighted by Crippen LogP contribution is -2.54. The number of anilines is 1. The average molecular weight is 465 g/mol. The summed E-state index contributed by atoms with van der Waals surface area (Å²) in [5, 5.41) is 12.7. The Kier molecular flexibility index (Phi) is 7.98. The summed E-state index contributed by atoms with van der Waals surface area (Å²) in [5.41, 5.74) is 2.50. The van der Waals surface area contributed by atoms with Crippen molar-refractivity contribution in [2.45, 2.75) is 59.4 Å². The monoisotopic (exact) mass is 464 g/mol. The molecule has 0 unspecified atom stereocenters. The van der Waals surface area contributed by atoms with E-state index in [1.54, 1.807) is 0 Å². The maximum Gasteiger partial charge on any atom is 0.282 e. The van der Waals surface area contributed by atoms with Crippen LogP contribution >= 0.6 is 0 Å². The topological polar surface area (TPSA) is 102 Å². The SMILES string of the molecule is CCN(CC)S(=O)(=O)N1CCN(CC(=O)Nc2c(C#N)c(C)c(C)n2C2CCCC2)CC1. The van der Waals surface area contributed by atoms with Gasteiger partial charge in [-0.05, 0) is 32.3 Å². The number of amides is 1. The van der Waals surface area contributed by atoms with Gasteiger partial charge in [0, 0.05) is 51.0 Å². The van der Waals surface area contributed by atoms with E-state index < -0.39 is 10.2 Å². The largest absolute Gasteiger partial charge is 0.327 e. The summed E-state index contributed by atoms with van der Waals surface area (Å²) in [6, 6.07) is 2.59. The van der Waals surface area contributed by atoms with Crippen molar-refractivity contribution in [1.82, 2.24) is 18.1 Å². The van der Waals surface area contributed by atoms with Crippen molar-refractivity contribution < 1.29 is 13.2 Å². The van der Waals surface area contributed by atoms with E-state index in [-0.39, 0.29) is 12.5 Å². The second-order valence-electron chi connectivity index (χ2n) is 8.67. The lowest BCUT2D eigenvalue weighted by molar-refractivity contribution is -0.117. The Morgan fingerprint density at radius 2 is 1.72 bits per heavy atom. The van der Waals surface area contributed by atoms with Gasteiger partial charge in [-0.1, -0.05) is 26.7 Å². The fourth-order valence-corrected chi connectivity index (χ4v) is 6.52. The minimum atomic E-state index is -3.45. The first-order chi connectivity index (χ1) is 15.2. The van der Waals surface area contributed by atoms with E-state index in [0.29, 0.717) is 56.7 Å².